The van der Waals surface area contributed by atoms with Crippen LogP contribution < -0.4 is 0 Å². The number of alkyl halides is 1. The topological polar surface area (TPSA) is 9.23 Å². The summed E-state index contributed by atoms with van der Waals surface area (Å²) in [6.07, 6.45) is 0.823. The maximum Gasteiger partial charge on any atom is 0.123 e. The van der Waals surface area contributed by atoms with Gasteiger partial charge < -0.3 is 4.74 Å². The van der Waals surface area contributed by atoms with Gasteiger partial charge in [-0.05, 0) is 30.0 Å². The summed E-state index contributed by atoms with van der Waals surface area (Å²) in [5, 5.41) is 0. The van der Waals surface area contributed by atoms with Gasteiger partial charge in [0.15, 0.2) is 0 Å². The lowest BCUT2D eigenvalue weighted by molar-refractivity contribution is 0.189. The highest BCUT2D eigenvalue weighted by molar-refractivity contribution is 6.18. The van der Waals surface area contributed by atoms with Crippen molar-refractivity contribution in [2.24, 2.45) is 0 Å². The van der Waals surface area contributed by atoms with Gasteiger partial charge in [-0.2, -0.15) is 0 Å². The second-order valence-corrected chi connectivity index (χ2v) is 3.50. The number of ether oxygens (including phenoxy) is 1. The van der Waals surface area contributed by atoms with E-state index in [0.29, 0.717) is 12.5 Å². The molecule has 0 aliphatic rings. The summed E-state index contributed by atoms with van der Waals surface area (Å²) in [5.41, 5.74) is 0.942. The van der Waals surface area contributed by atoms with E-state index in [1.807, 2.05) is 6.07 Å². The minimum atomic E-state index is -0.213. The quantitative estimate of drug-likeness (QED) is 0.687. The van der Waals surface area contributed by atoms with Gasteiger partial charge in [0.05, 0.1) is 0 Å². The minimum Gasteiger partial charge on any atom is -0.385 e. The monoisotopic (exact) mass is 216 g/mol. The number of methoxy groups -OCH3 is 1. The second-order valence-electron chi connectivity index (χ2n) is 3.19. The highest BCUT2D eigenvalue weighted by Crippen LogP contribution is 2.21. The zero-order valence-electron chi connectivity index (χ0n) is 8.17. The van der Waals surface area contributed by atoms with Crippen LogP contribution in [0.2, 0.25) is 0 Å². The van der Waals surface area contributed by atoms with Crippen molar-refractivity contribution in [3.05, 3.63) is 35.6 Å². The SMILES string of the molecule is COCCC(CCl)c1cccc(F)c1. The van der Waals surface area contributed by atoms with Crippen molar-refractivity contribution in [2.45, 2.75) is 12.3 Å². The van der Waals surface area contributed by atoms with Crippen LogP contribution in [0.25, 0.3) is 0 Å². The fourth-order valence-corrected chi connectivity index (χ4v) is 1.69. The Morgan fingerprint density at radius 3 is 2.86 bits per heavy atom. The van der Waals surface area contributed by atoms with Crippen molar-refractivity contribution in [3.63, 3.8) is 0 Å². The first-order chi connectivity index (χ1) is 6.77. The van der Waals surface area contributed by atoms with Crippen molar-refractivity contribution in [1.82, 2.24) is 0 Å². The van der Waals surface area contributed by atoms with E-state index >= 15 is 0 Å². The molecule has 0 aliphatic heterocycles. The molecule has 1 atom stereocenters. The van der Waals surface area contributed by atoms with Crippen LogP contribution in [-0.4, -0.2) is 19.6 Å². The molecule has 0 bridgehead atoms. The molecule has 1 aromatic carbocycles. The molecule has 1 aromatic rings. The van der Waals surface area contributed by atoms with Gasteiger partial charge in [-0.25, -0.2) is 4.39 Å². The maximum absolute atomic E-state index is 12.9. The number of halogens is 2. The van der Waals surface area contributed by atoms with Crippen LogP contribution in [0.4, 0.5) is 4.39 Å². The summed E-state index contributed by atoms with van der Waals surface area (Å²) < 4.78 is 17.9. The molecule has 0 heterocycles. The van der Waals surface area contributed by atoms with Crippen LogP contribution in [0, 0.1) is 5.82 Å². The van der Waals surface area contributed by atoms with Gasteiger partial charge >= 0.3 is 0 Å². The summed E-state index contributed by atoms with van der Waals surface area (Å²) in [5.74, 6) is 0.453. The van der Waals surface area contributed by atoms with Crippen LogP contribution in [0.5, 0.6) is 0 Å². The molecule has 78 valence electrons. The fraction of sp³-hybridized carbons (Fsp3) is 0.455. The van der Waals surface area contributed by atoms with E-state index in [1.54, 1.807) is 13.2 Å². The lowest BCUT2D eigenvalue weighted by Crippen LogP contribution is -2.04. The largest absolute Gasteiger partial charge is 0.385 e. The van der Waals surface area contributed by atoms with Crippen LogP contribution in [0.15, 0.2) is 24.3 Å². The summed E-state index contributed by atoms with van der Waals surface area (Å²) in [6.45, 7) is 0.647. The summed E-state index contributed by atoms with van der Waals surface area (Å²) >= 11 is 5.81. The molecule has 0 radical (unpaired) electrons. The molecule has 0 amide bonds. The van der Waals surface area contributed by atoms with Crippen molar-refractivity contribution < 1.29 is 9.13 Å². The van der Waals surface area contributed by atoms with Crippen molar-refractivity contribution in [2.75, 3.05) is 19.6 Å². The average Bonchev–Trinajstić information content (AvgIpc) is 2.19. The van der Waals surface area contributed by atoms with E-state index in [-0.39, 0.29) is 11.7 Å². The first kappa shape index (κ1) is 11.5. The van der Waals surface area contributed by atoms with Crippen LogP contribution in [0.1, 0.15) is 17.9 Å². The Kier molecular flexibility index (Phi) is 4.91. The molecule has 0 saturated carbocycles. The second kappa shape index (κ2) is 5.99. The van der Waals surface area contributed by atoms with Gasteiger partial charge in [0, 0.05) is 19.6 Å². The number of rotatable bonds is 5. The molecule has 1 unspecified atom stereocenters. The van der Waals surface area contributed by atoms with Crippen molar-refractivity contribution in [3.8, 4) is 0 Å². The number of benzene rings is 1. The van der Waals surface area contributed by atoms with Crippen LogP contribution in [0.3, 0.4) is 0 Å². The molecule has 0 aliphatic carbocycles. The molecule has 1 nitrogen and oxygen atoms in total. The fourth-order valence-electron chi connectivity index (χ4n) is 1.35. The van der Waals surface area contributed by atoms with Gasteiger partial charge in [-0.3, -0.25) is 0 Å². The molecule has 0 spiro atoms. The van der Waals surface area contributed by atoms with E-state index in [1.165, 1.54) is 12.1 Å². The lowest BCUT2D eigenvalue weighted by atomic mass is 9.98. The molecule has 0 saturated heterocycles. The van der Waals surface area contributed by atoms with Crippen molar-refractivity contribution >= 4 is 11.6 Å². The van der Waals surface area contributed by atoms with E-state index < -0.39 is 0 Å². The Hall–Kier alpha value is -0.600. The molecule has 1 rings (SSSR count). The van der Waals surface area contributed by atoms with Gasteiger partial charge in [0.1, 0.15) is 5.82 Å². The Morgan fingerprint density at radius 1 is 1.50 bits per heavy atom. The Labute approximate surface area is 88.8 Å². The van der Waals surface area contributed by atoms with Gasteiger partial charge in [0.2, 0.25) is 0 Å². The Bertz CT molecular complexity index is 278. The average molecular weight is 217 g/mol. The Morgan fingerprint density at radius 2 is 2.29 bits per heavy atom. The molecule has 3 heteroatoms. The smallest absolute Gasteiger partial charge is 0.123 e. The van der Waals surface area contributed by atoms with Gasteiger partial charge in [-0.1, -0.05) is 12.1 Å². The molecule has 0 fully saturated rings. The molecular weight excluding hydrogens is 203 g/mol. The number of hydrogen-bond donors (Lipinski definition) is 0. The number of hydrogen-bond acceptors (Lipinski definition) is 1. The predicted molar refractivity (Wildman–Crippen MR) is 56.4 cm³/mol. The van der Waals surface area contributed by atoms with Crippen molar-refractivity contribution in [1.29, 1.82) is 0 Å². The highest BCUT2D eigenvalue weighted by atomic mass is 35.5. The molecule has 0 N–H and O–H groups in total. The minimum absolute atomic E-state index is 0.173. The first-order valence-corrected chi connectivity index (χ1v) is 5.11. The summed E-state index contributed by atoms with van der Waals surface area (Å²) in [4.78, 5) is 0. The predicted octanol–water partition coefficient (Wildman–Crippen LogP) is 3.18. The lowest BCUT2D eigenvalue weighted by Gasteiger charge is -2.13. The van der Waals surface area contributed by atoms with E-state index in [4.69, 9.17) is 16.3 Å². The van der Waals surface area contributed by atoms with Gasteiger partial charge in [0.25, 0.3) is 0 Å². The third-order valence-corrected chi connectivity index (χ3v) is 2.55. The van der Waals surface area contributed by atoms with E-state index in [0.717, 1.165) is 12.0 Å². The maximum atomic E-state index is 12.9. The Balaban J connectivity index is 2.68. The van der Waals surface area contributed by atoms with Crippen LogP contribution >= 0.6 is 11.6 Å². The molecule has 0 aromatic heterocycles. The van der Waals surface area contributed by atoms with Crippen LogP contribution in [-0.2, 0) is 4.74 Å². The van der Waals surface area contributed by atoms with Gasteiger partial charge in [-0.15, -0.1) is 11.6 Å². The zero-order chi connectivity index (χ0) is 10.4. The standard InChI is InChI=1S/C11H14ClFO/c1-14-6-5-10(8-12)9-3-2-4-11(13)7-9/h2-4,7,10H,5-6,8H2,1H3. The molecular formula is C11H14ClFO. The third-order valence-electron chi connectivity index (χ3n) is 2.18. The first-order valence-electron chi connectivity index (χ1n) is 4.58. The third kappa shape index (κ3) is 3.28. The summed E-state index contributed by atoms with van der Waals surface area (Å²) in [6, 6.07) is 6.57. The summed E-state index contributed by atoms with van der Waals surface area (Å²) in [7, 11) is 1.65. The normalized spacial score (nSPS) is 12.8. The van der Waals surface area contributed by atoms with E-state index in [2.05, 4.69) is 0 Å². The van der Waals surface area contributed by atoms with E-state index in [9.17, 15) is 4.39 Å². The highest BCUT2D eigenvalue weighted by Gasteiger charge is 2.10. The molecule has 14 heavy (non-hydrogen) atoms. The zero-order valence-corrected chi connectivity index (χ0v) is 8.93.